The molecule has 0 spiro atoms. The summed E-state index contributed by atoms with van der Waals surface area (Å²) in [7, 11) is 0. The third-order valence-electron chi connectivity index (χ3n) is 1.69. The number of benzene rings is 1. The zero-order valence-electron chi connectivity index (χ0n) is 7.76. The van der Waals surface area contributed by atoms with E-state index < -0.39 is 5.97 Å². The van der Waals surface area contributed by atoms with Crippen LogP contribution >= 0.6 is 23.2 Å². The molecule has 1 rings (SSSR count). The Morgan fingerprint density at radius 3 is 2.73 bits per heavy atom. The van der Waals surface area contributed by atoms with Crippen LogP contribution in [0.1, 0.15) is 11.1 Å². The first-order chi connectivity index (χ1) is 7.13. The maximum Gasteiger partial charge on any atom is 0.307 e. The van der Waals surface area contributed by atoms with Crippen LogP contribution < -0.4 is 0 Å². The standard InChI is InChI=1S/C11H8Cl2O2/c12-5-1-2-8-3-4-9(7-11(14)15)10(13)6-8/h3-4,6H,5,7H2,(H,14,15). The molecule has 0 saturated heterocycles. The molecule has 0 unspecified atom stereocenters. The molecule has 0 aliphatic carbocycles. The second-order valence-corrected chi connectivity index (χ2v) is 3.49. The molecule has 1 aromatic rings. The number of carboxylic acids is 1. The quantitative estimate of drug-likeness (QED) is 0.640. The number of aliphatic carboxylic acids is 1. The predicted octanol–water partition coefficient (Wildman–Crippen LogP) is 2.56. The van der Waals surface area contributed by atoms with Gasteiger partial charge in [-0.25, -0.2) is 0 Å². The fourth-order valence-electron chi connectivity index (χ4n) is 1.07. The maximum atomic E-state index is 10.5. The fraction of sp³-hybridized carbons (Fsp3) is 0.182. The van der Waals surface area contributed by atoms with E-state index in [1.807, 2.05) is 0 Å². The minimum absolute atomic E-state index is 0.0813. The van der Waals surface area contributed by atoms with E-state index in [1.165, 1.54) is 0 Å². The summed E-state index contributed by atoms with van der Waals surface area (Å²) in [5.41, 5.74) is 1.32. The van der Waals surface area contributed by atoms with Crippen molar-refractivity contribution in [3.8, 4) is 11.8 Å². The van der Waals surface area contributed by atoms with Crippen molar-refractivity contribution in [3.05, 3.63) is 34.3 Å². The van der Waals surface area contributed by atoms with Crippen LogP contribution in [0.5, 0.6) is 0 Å². The van der Waals surface area contributed by atoms with Crippen LogP contribution in [0, 0.1) is 11.8 Å². The van der Waals surface area contributed by atoms with Crippen LogP contribution in [-0.2, 0) is 11.2 Å². The van der Waals surface area contributed by atoms with E-state index >= 15 is 0 Å². The lowest BCUT2D eigenvalue weighted by Gasteiger charge is -2.00. The highest BCUT2D eigenvalue weighted by atomic mass is 35.5. The average Bonchev–Trinajstić information content (AvgIpc) is 2.18. The Hall–Kier alpha value is -1.17. The number of hydrogen-bond donors (Lipinski definition) is 1. The molecule has 0 saturated carbocycles. The first-order valence-electron chi connectivity index (χ1n) is 4.18. The zero-order chi connectivity index (χ0) is 11.3. The second-order valence-electron chi connectivity index (χ2n) is 2.81. The molecule has 0 radical (unpaired) electrons. The Kier molecular flexibility index (Phi) is 4.48. The summed E-state index contributed by atoms with van der Waals surface area (Å²) in [6, 6.07) is 5.03. The molecule has 15 heavy (non-hydrogen) atoms. The summed E-state index contributed by atoms with van der Waals surface area (Å²) in [4.78, 5) is 10.5. The molecule has 0 heterocycles. The van der Waals surface area contributed by atoms with Gasteiger partial charge in [0.2, 0.25) is 0 Å². The summed E-state index contributed by atoms with van der Waals surface area (Å²) in [5.74, 6) is 4.85. The highest BCUT2D eigenvalue weighted by Gasteiger charge is 2.05. The monoisotopic (exact) mass is 242 g/mol. The number of alkyl halides is 1. The van der Waals surface area contributed by atoms with Crippen LogP contribution in [0.2, 0.25) is 5.02 Å². The van der Waals surface area contributed by atoms with Crippen LogP contribution in [0.3, 0.4) is 0 Å². The van der Waals surface area contributed by atoms with E-state index in [0.29, 0.717) is 10.6 Å². The average molecular weight is 243 g/mol. The van der Waals surface area contributed by atoms with E-state index in [1.54, 1.807) is 18.2 Å². The Morgan fingerprint density at radius 1 is 1.47 bits per heavy atom. The Balaban J connectivity index is 2.92. The predicted molar refractivity (Wildman–Crippen MR) is 60.4 cm³/mol. The van der Waals surface area contributed by atoms with Gasteiger partial charge in [-0.15, -0.1) is 11.6 Å². The number of hydrogen-bond acceptors (Lipinski definition) is 1. The molecule has 4 heteroatoms. The fourth-order valence-corrected chi connectivity index (χ4v) is 1.38. The number of halogens is 2. The maximum absolute atomic E-state index is 10.5. The van der Waals surface area contributed by atoms with E-state index in [2.05, 4.69) is 11.8 Å². The summed E-state index contributed by atoms with van der Waals surface area (Å²) < 4.78 is 0. The highest BCUT2D eigenvalue weighted by molar-refractivity contribution is 6.31. The summed E-state index contributed by atoms with van der Waals surface area (Å²) in [5, 5.41) is 9.01. The molecule has 0 fully saturated rings. The van der Waals surface area contributed by atoms with Crippen LogP contribution in [0.15, 0.2) is 18.2 Å². The van der Waals surface area contributed by atoms with Crippen molar-refractivity contribution in [2.45, 2.75) is 6.42 Å². The van der Waals surface area contributed by atoms with Crippen molar-refractivity contribution in [2.24, 2.45) is 0 Å². The van der Waals surface area contributed by atoms with Crippen molar-refractivity contribution in [1.82, 2.24) is 0 Å². The Morgan fingerprint density at radius 2 is 2.20 bits per heavy atom. The van der Waals surface area contributed by atoms with Crippen LogP contribution in [-0.4, -0.2) is 17.0 Å². The normalized spacial score (nSPS) is 9.20. The van der Waals surface area contributed by atoms with Gasteiger partial charge in [-0.2, -0.15) is 0 Å². The summed E-state index contributed by atoms with van der Waals surface area (Å²) >= 11 is 11.3. The molecule has 0 amide bonds. The molecule has 0 aliphatic heterocycles. The van der Waals surface area contributed by atoms with Crippen molar-refractivity contribution in [1.29, 1.82) is 0 Å². The van der Waals surface area contributed by atoms with E-state index in [9.17, 15) is 4.79 Å². The molecular weight excluding hydrogens is 235 g/mol. The molecule has 1 aromatic carbocycles. The summed E-state index contributed by atoms with van der Waals surface area (Å²) in [6.45, 7) is 0. The van der Waals surface area contributed by atoms with Gasteiger partial charge in [0, 0.05) is 10.6 Å². The van der Waals surface area contributed by atoms with Crippen LogP contribution in [0.25, 0.3) is 0 Å². The van der Waals surface area contributed by atoms with Gasteiger partial charge in [-0.05, 0) is 17.7 Å². The van der Waals surface area contributed by atoms with Gasteiger partial charge in [-0.3, -0.25) is 4.79 Å². The largest absolute Gasteiger partial charge is 0.481 e. The molecule has 0 atom stereocenters. The molecule has 2 nitrogen and oxygen atoms in total. The van der Waals surface area contributed by atoms with Gasteiger partial charge in [0.05, 0.1) is 12.3 Å². The van der Waals surface area contributed by atoms with E-state index in [0.717, 1.165) is 5.56 Å². The number of carbonyl (C=O) groups is 1. The Labute approximate surface area is 97.8 Å². The second kappa shape index (κ2) is 5.65. The minimum atomic E-state index is -0.906. The van der Waals surface area contributed by atoms with Gasteiger partial charge in [0.1, 0.15) is 0 Å². The molecular formula is C11H8Cl2O2. The lowest BCUT2D eigenvalue weighted by Crippen LogP contribution is -2.00. The molecule has 78 valence electrons. The van der Waals surface area contributed by atoms with Gasteiger partial charge in [0.25, 0.3) is 0 Å². The minimum Gasteiger partial charge on any atom is -0.481 e. The number of carboxylic acid groups (broad SMARTS) is 1. The van der Waals surface area contributed by atoms with E-state index in [4.69, 9.17) is 28.3 Å². The first-order valence-corrected chi connectivity index (χ1v) is 5.10. The van der Waals surface area contributed by atoms with E-state index in [-0.39, 0.29) is 12.3 Å². The van der Waals surface area contributed by atoms with Crippen molar-refractivity contribution < 1.29 is 9.90 Å². The molecule has 0 aromatic heterocycles. The molecule has 0 aliphatic rings. The lowest BCUT2D eigenvalue weighted by molar-refractivity contribution is -0.136. The van der Waals surface area contributed by atoms with Crippen molar-refractivity contribution in [3.63, 3.8) is 0 Å². The smallest absolute Gasteiger partial charge is 0.307 e. The van der Waals surface area contributed by atoms with Gasteiger partial charge in [-0.1, -0.05) is 29.5 Å². The van der Waals surface area contributed by atoms with Crippen molar-refractivity contribution >= 4 is 29.2 Å². The molecule has 1 N–H and O–H groups in total. The van der Waals surface area contributed by atoms with Gasteiger partial charge in [0.15, 0.2) is 0 Å². The SMILES string of the molecule is O=C(O)Cc1ccc(C#CCCl)cc1Cl. The highest BCUT2D eigenvalue weighted by Crippen LogP contribution is 2.18. The first kappa shape index (κ1) is 11.9. The third-order valence-corrected chi connectivity index (χ3v) is 2.18. The van der Waals surface area contributed by atoms with Crippen LogP contribution in [0.4, 0.5) is 0 Å². The van der Waals surface area contributed by atoms with Crippen molar-refractivity contribution in [2.75, 3.05) is 5.88 Å². The number of rotatable bonds is 2. The zero-order valence-corrected chi connectivity index (χ0v) is 9.27. The Bertz CT molecular complexity index is 430. The summed E-state index contributed by atoms with van der Waals surface area (Å²) in [6.07, 6.45) is -0.0813. The van der Waals surface area contributed by atoms with Gasteiger partial charge < -0.3 is 5.11 Å². The van der Waals surface area contributed by atoms with Gasteiger partial charge >= 0.3 is 5.97 Å². The third kappa shape index (κ3) is 3.83. The molecule has 0 bridgehead atoms. The lowest BCUT2D eigenvalue weighted by atomic mass is 10.1. The topological polar surface area (TPSA) is 37.3 Å².